The van der Waals surface area contributed by atoms with Gasteiger partial charge in [-0.05, 0) is 39.5 Å². The molecule has 1 atom stereocenters. The molecule has 20 heavy (non-hydrogen) atoms. The van der Waals surface area contributed by atoms with Crippen LogP contribution in [0.5, 0.6) is 0 Å². The fourth-order valence-electron chi connectivity index (χ4n) is 2.67. The molecule has 0 aromatic carbocycles. The minimum atomic E-state index is -1.18. The van der Waals surface area contributed by atoms with Gasteiger partial charge in [-0.2, -0.15) is 0 Å². The molecule has 0 N–H and O–H groups in total. The van der Waals surface area contributed by atoms with Gasteiger partial charge in [-0.15, -0.1) is 0 Å². The van der Waals surface area contributed by atoms with E-state index in [1.54, 1.807) is 13.8 Å². The normalized spacial score (nSPS) is 18.6. The lowest BCUT2D eigenvalue weighted by Crippen LogP contribution is -2.48. The fourth-order valence-corrected chi connectivity index (χ4v) is 3.52. The van der Waals surface area contributed by atoms with E-state index in [1.807, 2.05) is 6.08 Å². The second kappa shape index (κ2) is 8.64. The molecule has 0 fully saturated rings. The van der Waals surface area contributed by atoms with Crippen LogP contribution in [0.4, 0.5) is 0 Å². The van der Waals surface area contributed by atoms with Crippen molar-refractivity contribution >= 4 is 34.5 Å². The summed E-state index contributed by atoms with van der Waals surface area (Å²) in [5.74, 6) is -0.998. The van der Waals surface area contributed by atoms with Crippen LogP contribution in [-0.2, 0) is 19.1 Å². The molecule has 0 aromatic rings. The van der Waals surface area contributed by atoms with E-state index >= 15 is 0 Å². The van der Waals surface area contributed by atoms with Gasteiger partial charge in [0.05, 0.1) is 13.2 Å². The average molecular weight is 394 g/mol. The van der Waals surface area contributed by atoms with Crippen LogP contribution in [0.1, 0.15) is 39.5 Å². The van der Waals surface area contributed by atoms with Crippen molar-refractivity contribution < 1.29 is 19.1 Å². The Hall–Kier alpha value is -0.590. The molecule has 5 heteroatoms. The molecule has 0 saturated heterocycles. The maximum absolute atomic E-state index is 12.5. The summed E-state index contributed by atoms with van der Waals surface area (Å²) in [6.45, 7) is 4.07. The molecule has 0 saturated carbocycles. The molecule has 0 amide bonds. The van der Waals surface area contributed by atoms with Gasteiger partial charge in [0.25, 0.3) is 0 Å². The van der Waals surface area contributed by atoms with Gasteiger partial charge in [0, 0.05) is 10.3 Å². The first-order valence-corrected chi connectivity index (χ1v) is 8.73. The van der Waals surface area contributed by atoms with Crippen LogP contribution in [0.25, 0.3) is 0 Å². The van der Waals surface area contributed by atoms with E-state index in [0.717, 1.165) is 19.3 Å². The number of carbonyl (C=O) groups is 2. The first-order chi connectivity index (χ1) is 9.63. The predicted molar refractivity (Wildman–Crippen MR) is 85.7 cm³/mol. The molecular weight excluding hydrogens is 371 g/mol. The molecule has 0 aliphatic heterocycles. The molecule has 1 unspecified atom stereocenters. The molecule has 0 bridgehead atoms. The third-order valence-corrected chi connectivity index (χ3v) is 4.19. The van der Waals surface area contributed by atoms with E-state index in [2.05, 4.69) is 28.7 Å². The molecule has 0 heterocycles. The Bertz CT molecular complexity index is 347. The Kier molecular flexibility index (Phi) is 7.55. The van der Waals surface area contributed by atoms with Gasteiger partial charge in [0.1, 0.15) is 0 Å². The third-order valence-electron chi connectivity index (χ3n) is 3.66. The van der Waals surface area contributed by atoms with Gasteiger partial charge in [-0.1, -0.05) is 34.7 Å². The van der Waals surface area contributed by atoms with Crippen molar-refractivity contribution in [3.05, 3.63) is 12.2 Å². The molecular formula is C15H23IO4. The molecule has 1 rings (SSSR count). The second-order valence-corrected chi connectivity index (χ2v) is 5.90. The Balaban J connectivity index is 3.17. The number of alkyl halides is 1. The van der Waals surface area contributed by atoms with E-state index in [0.29, 0.717) is 10.8 Å². The van der Waals surface area contributed by atoms with Gasteiger partial charge in [-0.3, -0.25) is 9.59 Å². The molecule has 0 radical (unpaired) electrons. The topological polar surface area (TPSA) is 52.6 Å². The van der Waals surface area contributed by atoms with Gasteiger partial charge in [0.2, 0.25) is 0 Å². The maximum atomic E-state index is 12.5. The Labute approximate surface area is 134 Å². The van der Waals surface area contributed by atoms with E-state index < -0.39 is 17.4 Å². The van der Waals surface area contributed by atoms with Crippen LogP contribution < -0.4 is 0 Å². The smallest absolute Gasteiger partial charge is 0.324 e. The van der Waals surface area contributed by atoms with Crippen LogP contribution in [0, 0.1) is 11.3 Å². The molecule has 114 valence electrons. The van der Waals surface area contributed by atoms with Gasteiger partial charge >= 0.3 is 11.9 Å². The minimum Gasteiger partial charge on any atom is -0.465 e. The highest BCUT2D eigenvalue weighted by Crippen LogP contribution is 2.41. The zero-order valence-electron chi connectivity index (χ0n) is 12.2. The van der Waals surface area contributed by atoms with Crippen LogP contribution in [0.3, 0.4) is 0 Å². The number of hydrogen-bond acceptors (Lipinski definition) is 4. The highest BCUT2D eigenvalue weighted by molar-refractivity contribution is 14.1. The lowest BCUT2D eigenvalue weighted by Gasteiger charge is -2.35. The standard InChI is InChI=1S/C15H23IO4/c1-3-19-13(17)15(10-11-16,14(18)20-4-2)12-8-6-5-7-9-12/h6,8,12H,3-5,7,9-11H2,1-2H3. The number of rotatable bonds is 7. The van der Waals surface area contributed by atoms with Gasteiger partial charge < -0.3 is 9.47 Å². The van der Waals surface area contributed by atoms with Crippen LogP contribution in [0.2, 0.25) is 0 Å². The van der Waals surface area contributed by atoms with Crippen molar-refractivity contribution in [1.29, 1.82) is 0 Å². The lowest BCUT2D eigenvalue weighted by atomic mass is 9.69. The Morgan fingerprint density at radius 3 is 2.25 bits per heavy atom. The van der Waals surface area contributed by atoms with Crippen LogP contribution >= 0.6 is 22.6 Å². The van der Waals surface area contributed by atoms with E-state index in [4.69, 9.17) is 9.47 Å². The number of hydrogen-bond donors (Lipinski definition) is 0. The first kappa shape index (κ1) is 17.5. The summed E-state index contributed by atoms with van der Waals surface area (Å²) in [7, 11) is 0. The molecule has 4 nitrogen and oxygen atoms in total. The van der Waals surface area contributed by atoms with Crippen molar-refractivity contribution in [2.24, 2.45) is 11.3 Å². The monoisotopic (exact) mass is 394 g/mol. The second-order valence-electron chi connectivity index (χ2n) is 4.82. The summed E-state index contributed by atoms with van der Waals surface area (Å²) in [4.78, 5) is 25.0. The highest BCUT2D eigenvalue weighted by atomic mass is 127. The largest absolute Gasteiger partial charge is 0.465 e. The number of esters is 2. The molecule has 1 aliphatic rings. The summed E-state index contributed by atoms with van der Waals surface area (Å²) in [6, 6.07) is 0. The predicted octanol–water partition coefficient (Wildman–Crippen LogP) is 3.28. The molecule has 1 aliphatic carbocycles. The Morgan fingerprint density at radius 2 is 1.85 bits per heavy atom. The summed E-state index contributed by atoms with van der Waals surface area (Å²) in [5.41, 5.74) is -1.18. The van der Waals surface area contributed by atoms with Crippen molar-refractivity contribution in [1.82, 2.24) is 0 Å². The van der Waals surface area contributed by atoms with Crippen LogP contribution in [-0.4, -0.2) is 29.6 Å². The van der Waals surface area contributed by atoms with Crippen molar-refractivity contribution in [3.8, 4) is 0 Å². The first-order valence-electron chi connectivity index (χ1n) is 7.20. The van der Waals surface area contributed by atoms with Gasteiger partial charge in [-0.25, -0.2) is 0 Å². The maximum Gasteiger partial charge on any atom is 0.324 e. The fraction of sp³-hybridized carbons (Fsp3) is 0.733. The highest BCUT2D eigenvalue weighted by Gasteiger charge is 2.53. The number of carbonyl (C=O) groups excluding carboxylic acids is 2. The third kappa shape index (κ3) is 3.74. The number of ether oxygens (including phenoxy) is 2. The van der Waals surface area contributed by atoms with Crippen molar-refractivity contribution in [2.45, 2.75) is 39.5 Å². The summed E-state index contributed by atoms with van der Waals surface area (Å²) in [6.07, 6.45) is 7.31. The van der Waals surface area contributed by atoms with E-state index in [-0.39, 0.29) is 19.1 Å². The molecule has 0 aromatic heterocycles. The minimum absolute atomic E-state index is 0.121. The summed E-state index contributed by atoms with van der Waals surface area (Å²) < 4.78 is 11.1. The van der Waals surface area contributed by atoms with Crippen molar-refractivity contribution in [2.75, 3.05) is 17.6 Å². The SMILES string of the molecule is CCOC(=O)C(CCI)(C(=O)OCC)C1C=CCCC1. The van der Waals surface area contributed by atoms with E-state index in [1.165, 1.54) is 0 Å². The van der Waals surface area contributed by atoms with Crippen molar-refractivity contribution in [3.63, 3.8) is 0 Å². The lowest BCUT2D eigenvalue weighted by molar-refractivity contribution is -0.176. The summed E-state index contributed by atoms with van der Waals surface area (Å²) >= 11 is 2.19. The zero-order valence-corrected chi connectivity index (χ0v) is 14.4. The van der Waals surface area contributed by atoms with Crippen LogP contribution in [0.15, 0.2) is 12.2 Å². The number of halogens is 1. The Morgan fingerprint density at radius 1 is 1.25 bits per heavy atom. The van der Waals surface area contributed by atoms with E-state index in [9.17, 15) is 9.59 Å². The average Bonchev–Trinajstić information content (AvgIpc) is 2.46. The quantitative estimate of drug-likeness (QED) is 0.219. The zero-order chi connectivity index (χ0) is 15.0. The number of allylic oxidation sites excluding steroid dienone is 2. The molecule has 0 spiro atoms. The summed E-state index contributed by atoms with van der Waals surface area (Å²) in [5, 5.41) is 0. The van der Waals surface area contributed by atoms with Gasteiger partial charge in [0.15, 0.2) is 5.41 Å².